The van der Waals surface area contributed by atoms with Crippen LogP contribution >= 0.6 is 0 Å². The van der Waals surface area contributed by atoms with Crippen molar-refractivity contribution in [1.29, 1.82) is 0 Å². The van der Waals surface area contributed by atoms with Gasteiger partial charge in [0.1, 0.15) is 18.0 Å². The van der Waals surface area contributed by atoms with Crippen LogP contribution < -0.4 is 10.2 Å². The Hall–Kier alpha value is -2.14. The maximum Gasteiger partial charge on any atom is 0.134 e. The fourth-order valence-electron chi connectivity index (χ4n) is 3.54. The Bertz CT molecular complexity index is 689. The molecule has 2 N–H and O–H groups in total. The number of nitrogens with zero attached hydrogens (tertiary/aromatic N) is 3. The molecule has 0 bridgehead atoms. The summed E-state index contributed by atoms with van der Waals surface area (Å²) in [4.78, 5) is 11.1. The van der Waals surface area contributed by atoms with E-state index in [-0.39, 0.29) is 6.61 Å². The van der Waals surface area contributed by atoms with Crippen molar-refractivity contribution in [2.24, 2.45) is 5.92 Å². The SMILES string of the molecule is CCC(Cc1ccc(C)cc1)Nc1cc(N2CCCC(CO)C2)ncn1. The second-order valence-corrected chi connectivity index (χ2v) is 7.34. The molecule has 0 aliphatic carbocycles. The molecule has 2 atom stereocenters. The third-order valence-corrected chi connectivity index (χ3v) is 5.20. The number of hydrogen-bond acceptors (Lipinski definition) is 5. The summed E-state index contributed by atoms with van der Waals surface area (Å²) in [6.45, 7) is 6.43. The van der Waals surface area contributed by atoms with E-state index >= 15 is 0 Å². The molecule has 26 heavy (non-hydrogen) atoms. The van der Waals surface area contributed by atoms with Gasteiger partial charge in [0.15, 0.2) is 0 Å². The minimum absolute atomic E-state index is 0.251. The minimum atomic E-state index is 0.251. The zero-order valence-corrected chi connectivity index (χ0v) is 15.9. The largest absolute Gasteiger partial charge is 0.396 e. The fraction of sp³-hybridized carbons (Fsp3) is 0.524. The molecule has 2 aromatic rings. The van der Waals surface area contributed by atoms with Crippen molar-refractivity contribution >= 4 is 11.6 Å². The summed E-state index contributed by atoms with van der Waals surface area (Å²) >= 11 is 0. The highest BCUT2D eigenvalue weighted by atomic mass is 16.3. The molecule has 1 aromatic carbocycles. The monoisotopic (exact) mass is 354 g/mol. The molecule has 1 fully saturated rings. The van der Waals surface area contributed by atoms with Gasteiger partial charge in [-0.1, -0.05) is 36.8 Å². The van der Waals surface area contributed by atoms with Crippen LogP contribution in [0.25, 0.3) is 0 Å². The summed E-state index contributed by atoms with van der Waals surface area (Å²) in [5.41, 5.74) is 2.63. The van der Waals surface area contributed by atoms with Crippen molar-refractivity contribution in [3.63, 3.8) is 0 Å². The van der Waals surface area contributed by atoms with Crippen molar-refractivity contribution in [2.75, 3.05) is 29.9 Å². The minimum Gasteiger partial charge on any atom is -0.396 e. The quantitative estimate of drug-likeness (QED) is 0.798. The molecule has 2 heterocycles. The van der Waals surface area contributed by atoms with Crippen LogP contribution in [0.4, 0.5) is 11.6 Å². The first-order valence-corrected chi connectivity index (χ1v) is 9.68. The van der Waals surface area contributed by atoms with Crippen LogP contribution in [0.3, 0.4) is 0 Å². The van der Waals surface area contributed by atoms with Gasteiger partial charge in [-0.3, -0.25) is 0 Å². The van der Waals surface area contributed by atoms with Gasteiger partial charge < -0.3 is 15.3 Å². The predicted molar refractivity (Wildman–Crippen MR) is 107 cm³/mol. The van der Waals surface area contributed by atoms with Crippen LogP contribution in [-0.2, 0) is 6.42 Å². The number of aliphatic hydroxyl groups excluding tert-OH is 1. The molecule has 140 valence electrons. The van der Waals surface area contributed by atoms with Gasteiger partial charge in [-0.05, 0) is 44.1 Å². The Morgan fingerprint density at radius 3 is 2.81 bits per heavy atom. The van der Waals surface area contributed by atoms with Crippen molar-refractivity contribution in [3.05, 3.63) is 47.8 Å². The molecule has 5 nitrogen and oxygen atoms in total. The van der Waals surface area contributed by atoms with Crippen molar-refractivity contribution < 1.29 is 5.11 Å². The molecule has 1 saturated heterocycles. The zero-order valence-electron chi connectivity index (χ0n) is 15.9. The van der Waals surface area contributed by atoms with E-state index in [1.54, 1.807) is 6.33 Å². The number of aryl methyl sites for hydroxylation is 1. The van der Waals surface area contributed by atoms with Gasteiger partial charge in [0.05, 0.1) is 0 Å². The number of anilines is 2. The van der Waals surface area contributed by atoms with E-state index in [0.717, 1.165) is 50.4 Å². The molecule has 0 saturated carbocycles. The lowest BCUT2D eigenvalue weighted by molar-refractivity contribution is 0.208. The number of piperidine rings is 1. The van der Waals surface area contributed by atoms with Crippen LogP contribution in [0, 0.1) is 12.8 Å². The van der Waals surface area contributed by atoms with Crippen molar-refractivity contribution in [1.82, 2.24) is 9.97 Å². The Morgan fingerprint density at radius 1 is 1.27 bits per heavy atom. The molecule has 0 amide bonds. The lowest BCUT2D eigenvalue weighted by Crippen LogP contribution is -2.37. The molecule has 0 radical (unpaired) electrons. The first-order valence-electron chi connectivity index (χ1n) is 9.68. The van der Waals surface area contributed by atoms with E-state index in [4.69, 9.17) is 0 Å². The lowest BCUT2D eigenvalue weighted by Gasteiger charge is -2.32. The van der Waals surface area contributed by atoms with E-state index in [0.29, 0.717) is 12.0 Å². The highest BCUT2D eigenvalue weighted by Gasteiger charge is 2.20. The smallest absolute Gasteiger partial charge is 0.134 e. The summed E-state index contributed by atoms with van der Waals surface area (Å²) < 4.78 is 0. The van der Waals surface area contributed by atoms with Gasteiger partial charge in [0.25, 0.3) is 0 Å². The second kappa shape index (κ2) is 8.99. The van der Waals surface area contributed by atoms with Crippen LogP contribution in [0.15, 0.2) is 36.7 Å². The van der Waals surface area contributed by atoms with Gasteiger partial charge in [-0.2, -0.15) is 0 Å². The number of aliphatic hydroxyl groups is 1. The zero-order chi connectivity index (χ0) is 18.4. The lowest BCUT2D eigenvalue weighted by atomic mass is 9.99. The second-order valence-electron chi connectivity index (χ2n) is 7.34. The van der Waals surface area contributed by atoms with E-state index in [2.05, 4.69) is 58.3 Å². The highest BCUT2D eigenvalue weighted by molar-refractivity contribution is 5.49. The Balaban J connectivity index is 1.65. The van der Waals surface area contributed by atoms with E-state index in [1.807, 2.05) is 6.07 Å². The molecule has 1 aromatic heterocycles. The summed E-state index contributed by atoms with van der Waals surface area (Å²) in [5.74, 6) is 2.17. The van der Waals surface area contributed by atoms with Crippen molar-refractivity contribution in [2.45, 2.75) is 45.6 Å². The number of benzene rings is 1. The average Bonchev–Trinajstić information content (AvgIpc) is 2.69. The number of hydrogen-bond donors (Lipinski definition) is 2. The third kappa shape index (κ3) is 4.94. The number of aromatic nitrogens is 2. The normalized spacial score (nSPS) is 18.6. The maximum absolute atomic E-state index is 9.45. The summed E-state index contributed by atoms with van der Waals surface area (Å²) in [6, 6.07) is 11.1. The summed E-state index contributed by atoms with van der Waals surface area (Å²) in [7, 11) is 0. The summed E-state index contributed by atoms with van der Waals surface area (Å²) in [6.07, 6.45) is 5.84. The molecular formula is C21H30N4O. The van der Waals surface area contributed by atoms with Crippen LogP contribution in [0.5, 0.6) is 0 Å². The van der Waals surface area contributed by atoms with Gasteiger partial charge in [-0.15, -0.1) is 0 Å². The first-order chi connectivity index (χ1) is 12.7. The van der Waals surface area contributed by atoms with Gasteiger partial charge in [0.2, 0.25) is 0 Å². The predicted octanol–water partition coefficient (Wildman–Crippen LogP) is 3.43. The molecule has 5 heteroatoms. The molecular weight excluding hydrogens is 324 g/mol. The molecule has 1 aliphatic rings. The maximum atomic E-state index is 9.45. The molecule has 1 aliphatic heterocycles. The van der Waals surface area contributed by atoms with Gasteiger partial charge in [0, 0.05) is 31.8 Å². The van der Waals surface area contributed by atoms with Gasteiger partial charge >= 0.3 is 0 Å². The number of nitrogens with one attached hydrogen (secondary N) is 1. The van der Waals surface area contributed by atoms with E-state index in [9.17, 15) is 5.11 Å². The first kappa shape index (κ1) is 18.6. The average molecular weight is 354 g/mol. The molecule has 0 spiro atoms. The Labute approximate surface area is 156 Å². The Kier molecular flexibility index (Phi) is 6.45. The van der Waals surface area contributed by atoms with Crippen molar-refractivity contribution in [3.8, 4) is 0 Å². The van der Waals surface area contributed by atoms with Gasteiger partial charge in [-0.25, -0.2) is 9.97 Å². The molecule has 3 rings (SSSR count). The number of rotatable bonds is 7. The van der Waals surface area contributed by atoms with Crippen LogP contribution in [-0.4, -0.2) is 40.8 Å². The fourth-order valence-corrected chi connectivity index (χ4v) is 3.54. The molecule has 2 unspecified atom stereocenters. The topological polar surface area (TPSA) is 61.3 Å². The summed E-state index contributed by atoms with van der Waals surface area (Å²) in [5, 5.41) is 13.0. The van der Waals surface area contributed by atoms with E-state index < -0.39 is 0 Å². The van der Waals surface area contributed by atoms with Crippen LogP contribution in [0.1, 0.15) is 37.3 Å². The highest BCUT2D eigenvalue weighted by Crippen LogP contribution is 2.23. The Morgan fingerprint density at radius 2 is 2.08 bits per heavy atom. The third-order valence-electron chi connectivity index (χ3n) is 5.20. The standard InChI is InChI=1S/C21H30N4O/c1-3-19(11-17-8-6-16(2)7-9-17)24-20-12-21(23-15-22-20)25-10-4-5-18(13-25)14-26/h6-9,12,15,18-19,26H,3-5,10-11,13-14H2,1-2H3,(H,22,23,24). The van der Waals surface area contributed by atoms with E-state index in [1.165, 1.54) is 11.1 Å². The van der Waals surface area contributed by atoms with Crippen LogP contribution in [0.2, 0.25) is 0 Å².